The smallest absolute Gasteiger partial charge is 0.224 e. The van der Waals surface area contributed by atoms with E-state index in [9.17, 15) is 4.79 Å². The number of hydrogen-bond acceptors (Lipinski definition) is 4. The second-order valence-electron chi connectivity index (χ2n) is 7.28. The summed E-state index contributed by atoms with van der Waals surface area (Å²) in [6.45, 7) is 3.90. The van der Waals surface area contributed by atoms with Gasteiger partial charge in [-0.25, -0.2) is 0 Å². The summed E-state index contributed by atoms with van der Waals surface area (Å²) in [5, 5.41) is 12.4. The van der Waals surface area contributed by atoms with Crippen LogP contribution in [0.3, 0.4) is 0 Å². The van der Waals surface area contributed by atoms with Crippen molar-refractivity contribution in [1.29, 1.82) is 0 Å². The molecular formula is C22H24ClN5O. The lowest BCUT2D eigenvalue weighted by molar-refractivity contribution is -0.120. The van der Waals surface area contributed by atoms with Crippen LogP contribution in [0.1, 0.15) is 22.8 Å². The van der Waals surface area contributed by atoms with Crippen LogP contribution < -0.4 is 5.32 Å². The summed E-state index contributed by atoms with van der Waals surface area (Å²) >= 11 is 6.11. The van der Waals surface area contributed by atoms with Gasteiger partial charge in [-0.1, -0.05) is 54.1 Å². The zero-order valence-electron chi connectivity index (χ0n) is 16.2. The molecule has 0 radical (unpaired) electrons. The number of aromatic nitrogens is 3. The van der Waals surface area contributed by atoms with Crippen molar-refractivity contribution in [3.63, 3.8) is 0 Å². The third-order valence-corrected chi connectivity index (χ3v) is 5.38. The standard InChI is InChI=1S/C22H24ClN5O/c23-19-8-4-7-18(13-19)16-27-10-9-20-25-26-21(28(20)12-11-27)15-24-22(29)14-17-5-2-1-3-6-17/h1-8,13H,9-12,14-16H2,(H,24,29). The molecule has 150 valence electrons. The molecular weight excluding hydrogens is 386 g/mol. The van der Waals surface area contributed by atoms with Gasteiger partial charge in [-0.2, -0.15) is 0 Å². The molecule has 29 heavy (non-hydrogen) atoms. The summed E-state index contributed by atoms with van der Waals surface area (Å²) in [6, 6.07) is 17.7. The summed E-state index contributed by atoms with van der Waals surface area (Å²) in [7, 11) is 0. The average molecular weight is 410 g/mol. The lowest BCUT2D eigenvalue weighted by Gasteiger charge is -2.19. The first kappa shape index (κ1) is 19.6. The predicted octanol–water partition coefficient (Wildman–Crippen LogP) is 2.85. The normalized spacial score (nSPS) is 14.2. The highest BCUT2D eigenvalue weighted by Crippen LogP contribution is 2.15. The van der Waals surface area contributed by atoms with Gasteiger partial charge < -0.3 is 9.88 Å². The van der Waals surface area contributed by atoms with E-state index >= 15 is 0 Å². The van der Waals surface area contributed by atoms with Gasteiger partial charge in [0, 0.05) is 37.6 Å². The Morgan fingerprint density at radius 3 is 2.66 bits per heavy atom. The van der Waals surface area contributed by atoms with Crippen molar-refractivity contribution >= 4 is 17.5 Å². The van der Waals surface area contributed by atoms with Crippen molar-refractivity contribution in [3.05, 3.63) is 82.4 Å². The van der Waals surface area contributed by atoms with Gasteiger partial charge in [0.25, 0.3) is 0 Å². The molecule has 1 aliphatic rings. The quantitative estimate of drug-likeness (QED) is 0.680. The first-order valence-corrected chi connectivity index (χ1v) is 10.2. The number of carbonyl (C=O) groups is 1. The van der Waals surface area contributed by atoms with Crippen molar-refractivity contribution in [2.75, 3.05) is 13.1 Å². The molecule has 1 aromatic heterocycles. The third-order valence-electron chi connectivity index (χ3n) is 5.14. The number of nitrogens with one attached hydrogen (secondary N) is 1. The van der Waals surface area contributed by atoms with E-state index in [-0.39, 0.29) is 5.91 Å². The van der Waals surface area contributed by atoms with Crippen LogP contribution in [0.4, 0.5) is 0 Å². The first-order chi connectivity index (χ1) is 14.2. The fraction of sp³-hybridized carbons (Fsp3) is 0.318. The van der Waals surface area contributed by atoms with Crippen molar-refractivity contribution in [2.45, 2.75) is 32.5 Å². The Labute approximate surface area is 175 Å². The van der Waals surface area contributed by atoms with E-state index in [1.807, 2.05) is 48.5 Å². The molecule has 4 rings (SSSR count). The molecule has 0 aliphatic carbocycles. The van der Waals surface area contributed by atoms with Crippen molar-refractivity contribution in [1.82, 2.24) is 25.0 Å². The Morgan fingerprint density at radius 2 is 1.83 bits per heavy atom. The van der Waals surface area contributed by atoms with Gasteiger partial charge >= 0.3 is 0 Å². The molecule has 6 nitrogen and oxygen atoms in total. The van der Waals surface area contributed by atoms with Crippen molar-refractivity contribution in [3.8, 4) is 0 Å². The van der Waals surface area contributed by atoms with Crippen LogP contribution >= 0.6 is 11.6 Å². The number of nitrogens with zero attached hydrogens (tertiary/aromatic N) is 4. The van der Waals surface area contributed by atoms with Crippen molar-refractivity contribution < 1.29 is 4.79 Å². The van der Waals surface area contributed by atoms with E-state index in [1.165, 1.54) is 5.56 Å². The molecule has 3 aromatic rings. The highest BCUT2D eigenvalue weighted by Gasteiger charge is 2.19. The predicted molar refractivity (Wildman–Crippen MR) is 112 cm³/mol. The molecule has 1 aliphatic heterocycles. The number of rotatable bonds is 6. The first-order valence-electron chi connectivity index (χ1n) is 9.86. The van der Waals surface area contributed by atoms with Gasteiger partial charge in [-0.05, 0) is 23.3 Å². The summed E-state index contributed by atoms with van der Waals surface area (Å²) in [5.74, 6) is 1.78. The topological polar surface area (TPSA) is 63.1 Å². The number of hydrogen-bond donors (Lipinski definition) is 1. The molecule has 1 N–H and O–H groups in total. The molecule has 0 spiro atoms. The van der Waals surface area contributed by atoms with Crippen LogP contribution in [0.5, 0.6) is 0 Å². The second kappa shape index (κ2) is 9.20. The molecule has 0 bridgehead atoms. The molecule has 0 saturated heterocycles. The maximum Gasteiger partial charge on any atom is 0.224 e. The molecule has 0 atom stereocenters. The Morgan fingerprint density at radius 1 is 1.00 bits per heavy atom. The van der Waals surface area contributed by atoms with Gasteiger partial charge in [-0.3, -0.25) is 9.69 Å². The lowest BCUT2D eigenvalue weighted by Crippen LogP contribution is -2.28. The Kier molecular flexibility index (Phi) is 6.22. The molecule has 2 heterocycles. The summed E-state index contributed by atoms with van der Waals surface area (Å²) < 4.78 is 2.14. The molecule has 1 amide bonds. The van der Waals surface area contributed by atoms with Gasteiger partial charge in [0.15, 0.2) is 5.82 Å². The van der Waals surface area contributed by atoms with Crippen molar-refractivity contribution in [2.24, 2.45) is 0 Å². The Hall–Kier alpha value is -2.70. The second-order valence-corrected chi connectivity index (χ2v) is 7.72. The SMILES string of the molecule is O=C(Cc1ccccc1)NCc1nnc2n1CCN(Cc1cccc(Cl)c1)CC2. The van der Waals surface area contributed by atoms with E-state index in [0.717, 1.165) is 54.8 Å². The summed E-state index contributed by atoms with van der Waals surface area (Å²) in [6.07, 6.45) is 1.21. The summed E-state index contributed by atoms with van der Waals surface area (Å²) in [4.78, 5) is 14.6. The molecule has 0 unspecified atom stereocenters. The zero-order valence-corrected chi connectivity index (χ0v) is 17.0. The van der Waals surface area contributed by atoms with Crippen LogP contribution in [0.2, 0.25) is 5.02 Å². The number of halogens is 1. The maximum atomic E-state index is 12.2. The zero-order chi connectivity index (χ0) is 20.1. The number of carbonyl (C=O) groups excluding carboxylic acids is 1. The van der Waals surface area contributed by atoms with E-state index in [2.05, 4.69) is 31.0 Å². The number of benzene rings is 2. The fourth-order valence-corrected chi connectivity index (χ4v) is 3.84. The highest BCUT2D eigenvalue weighted by atomic mass is 35.5. The van der Waals surface area contributed by atoms with E-state index in [4.69, 9.17) is 11.6 Å². The van der Waals surface area contributed by atoms with E-state index in [0.29, 0.717) is 13.0 Å². The van der Waals surface area contributed by atoms with Crippen LogP contribution in [0.25, 0.3) is 0 Å². The van der Waals surface area contributed by atoms with Crippen LogP contribution in [-0.4, -0.2) is 38.7 Å². The Bertz CT molecular complexity index is 972. The Balaban J connectivity index is 1.33. The van der Waals surface area contributed by atoms with Gasteiger partial charge in [-0.15, -0.1) is 10.2 Å². The highest BCUT2D eigenvalue weighted by molar-refractivity contribution is 6.30. The molecule has 7 heteroatoms. The number of amides is 1. The maximum absolute atomic E-state index is 12.2. The molecule has 0 saturated carbocycles. The molecule has 2 aromatic carbocycles. The van der Waals surface area contributed by atoms with Gasteiger partial charge in [0.05, 0.1) is 13.0 Å². The average Bonchev–Trinajstić information content (AvgIpc) is 3.00. The number of fused-ring (bicyclic) bond motifs is 1. The largest absolute Gasteiger partial charge is 0.349 e. The van der Waals surface area contributed by atoms with Crippen LogP contribution in [-0.2, 0) is 37.3 Å². The van der Waals surface area contributed by atoms with Crippen LogP contribution in [0, 0.1) is 0 Å². The lowest BCUT2D eigenvalue weighted by atomic mass is 10.1. The monoisotopic (exact) mass is 409 g/mol. The van der Waals surface area contributed by atoms with Gasteiger partial charge in [0.1, 0.15) is 5.82 Å². The van der Waals surface area contributed by atoms with Crippen LogP contribution in [0.15, 0.2) is 54.6 Å². The van der Waals surface area contributed by atoms with Gasteiger partial charge in [0.2, 0.25) is 5.91 Å². The fourth-order valence-electron chi connectivity index (χ4n) is 3.63. The van der Waals surface area contributed by atoms with E-state index in [1.54, 1.807) is 0 Å². The van der Waals surface area contributed by atoms with E-state index < -0.39 is 0 Å². The minimum absolute atomic E-state index is 0.00949. The minimum atomic E-state index is -0.00949. The summed E-state index contributed by atoms with van der Waals surface area (Å²) in [5.41, 5.74) is 2.21. The third kappa shape index (κ3) is 5.22. The minimum Gasteiger partial charge on any atom is -0.349 e. The molecule has 0 fully saturated rings.